The number of nitrogens with zero attached hydrogens (tertiary/aromatic N) is 1. The molecule has 0 radical (unpaired) electrons. The summed E-state index contributed by atoms with van der Waals surface area (Å²) in [5, 5.41) is 2.88. The molecule has 0 bridgehead atoms. The topological polar surface area (TPSA) is 58.4 Å². The van der Waals surface area contributed by atoms with Gasteiger partial charge in [0.25, 0.3) is 0 Å². The van der Waals surface area contributed by atoms with Gasteiger partial charge in [-0.1, -0.05) is 6.42 Å². The van der Waals surface area contributed by atoms with Crippen LogP contribution in [0.4, 0.5) is 0 Å². The van der Waals surface area contributed by atoms with Gasteiger partial charge in [0.1, 0.15) is 0 Å². The number of nitrogens with two attached hydrogens (primary N) is 1. The van der Waals surface area contributed by atoms with Crippen LogP contribution in [-0.2, 0) is 4.79 Å². The van der Waals surface area contributed by atoms with Gasteiger partial charge >= 0.3 is 0 Å². The van der Waals surface area contributed by atoms with Crippen molar-refractivity contribution in [2.24, 2.45) is 5.73 Å². The first kappa shape index (κ1) is 11.5. The van der Waals surface area contributed by atoms with Crippen LogP contribution in [0.1, 0.15) is 26.2 Å². The summed E-state index contributed by atoms with van der Waals surface area (Å²) >= 11 is 0. The van der Waals surface area contributed by atoms with Gasteiger partial charge in [0.05, 0.1) is 0 Å². The van der Waals surface area contributed by atoms with Crippen molar-refractivity contribution in [3.63, 3.8) is 0 Å². The molecular formula is C10H21N3O. The van der Waals surface area contributed by atoms with Gasteiger partial charge in [0, 0.05) is 32.6 Å². The van der Waals surface area contributed by atoms with Gasteiger partial charge in [-0.2, -0.15) is 0 Å². The van der Waals surface area contributed by atoms with Gasteiger partial charge in [0.2, 0.25) is 5.91 Å². The molecule has 0 aromatic carbocycles. The lowest BCUT2D eigenvalue weighted by atomic mass is 10.0. The van der Waals surface area contributed by atoms with Crippen LogP contribution in [0.3, 0.4) is 0 Å². The highest BCUT2D eigenvalue weighted by atomic mass is 16.1. The van der Waals surface area contributed by atoms with Crippen molar-refractivity contribution in [3.8, 4) is 0 Å². The lowest BCUT2D eigenvalue weighted by Crippen LogP contribution is -2.47. The Morgan fingerprint density at radius 3 is 3.00 bits per heavy atom. The second kappa shape index (κ2) is 5.98. The van der Waals surface area contributed by atoms with E-state index in [4.69, 9.17) is 5.73 Å². The SMILES string of the molecule is CC(=O)NCC1CCCCN1CCN. The summed E-state index contributed by atoms with van der Waals surface area (Å²) in [7, 11) is 0. The van der Waals surface area contributed by atoms with Crippen molar-refractivity contribution in [2.75, 3.05) is 26.2 Å². The Labute approximate surface area is 85.8 Å². The van der Waals surface area contributed by atoms with Gasteiger partial charge < -0.3 is 11.1 Å². The highest BCUT2D eigenvalue weighted by Gasteiger charge is 2.21. The fraction of sp³-hybridized carbons (Fsp3) is 0.900. The summed E-state index contributed by atoms with van der Waals surface area (Å²) in [5.74, 6) is 0.0586. The first-order chi connectivity index (χ1) is 6.74. The van der Waals surface area contributed by atoms with Crippen LogP contribution >= 0.6 is 0 Å². The van der Waals surface area contributed by atoms with Gasteiger partial charge in [-0.25, -0.2) is 0 Å². The molecule has 1 amide bonds. The average molecular weight is 199 g/mol. The maximum absolute atomic E-state index is 10.8. The zero-order valence-electron chi connectivity index (χ0n) is 8.96. The summed E-state index contributed by atoms with van der Waals surface area (Å²) < 4.78 is 0. The second-order valence-electron chi connectivity index (χ2n) is 3.91. The first-order valence-corrected chi connectivity index (χ1v) is 5.42. The molecule has 1 rings (SSSR count). The van der Waals surface area contributed by atoms with Gasteiger partial charge in [0.15, 0.2) is 0 Å². The molecule has 1 aliphatic heterocycles. The molecule has 1 saturated heterocycles. The van der Waals surface area contributed by atoms with Gasteiger partial charge in [-0.15, -0.1) is 0 Å². The van der Waals surface area contributed by atoms with Crippen molar-refractivity contribution in [1.29, 1.82) is 0 Å². The summed E-state index contributed by atoms with van der Waals surface area (Å²) in [6, 6.07) is 0.496. The molecule has 0 saturated carbocycles. The van der Waals surface area contributed by atoms with Gasteiger partial charge in [-0.05, 0) is 19.4 Å². The van der Waals surface area contributed by atoms with Crippen LogP contribution in [0.2, 0.25) is 0 Å². The zero-order chi connectivity index (χ0) is 10.4. The number of hydrogen-bond donors (Lipinski definition) is 2. The van der Waals surface area contributed by atoms with Crippen LogP contribution in [0.25, 0.3) is 0 Å². The van der Waals surface area contributed by atoms with Crippen molar-refractivity contribution < 1.29 is 4.79 Å². The van der Waals surface area contributed by atoms with Gasteiger partial charge in [-0.3, -0.25) is 9.69 Å². The number of nitrogens with one attached hydrogen (secondary N) is 1. The molecule has 1 atom stereocenters. The molecule has 0 spiro atoms. The number of likely N-dealkylation sites (tertiary alicyclic amines) is 1. The molecule has 1 aliphatic rings. The number of carbonyl (C=O) groups excluding carboxylic acids is 1. The lowest BCUT2D eigenvalue weighted by molar-refractivity contribution is -0.119. The Balaban J connectivity index is 2.33. The van der Waals surface area contributed by atoms with E-state index in [0.29, 0.717) is 12.6 Å². The minimum Gasteiger partial charge on any atom is -0.355 e. The number of amides is 1. The van der Waals surface area contributed by atoms with Crippen LogP contribution in [-0.4, -0.2) is 43.0 Å². The van der Waals surface area contributed by atoms with Crippen molar-refractivity contribution in [2.45, 2.75) is 32.2 Å². The molecule has 0 aromatic rings. The smallest absolute Gasteiger partial charge is 0.216 e. The fourth-order valence-corrected chi connectivity index (χ4v) is 2.01. The number of carbonyl (C=O) groups is 1. The normalized spacial score (nSPS) is 23.4. The van der Waals surface area contributed by atoms with E-state index >= 15 is 0 Å². The Kier molecular flexibility index (Phi) is 4.90. The summed E-state index contributed by atoms with van der Waals surface area (Å²) in [5.41, 5.74) is 5.55. The highest BCUT2D eigenvalue weighted by molar-refractivity contribution is 5.72. The van der Waals surface area contributed by atoms with E-state index in [1.807, 2.05) is 0 Å². The van der Waals surface area contributed by atoms with Crippen LogP contribution in [0.15, 0.2) is 0 Å². The summed E-state index contributed by atoms with van der Waals surface area (Å²) in [4.78, 5) is 13.2. The summed E-state index contributed by atoms with van der Waals surface area (Å²) in [6.45, 7) is 5.12. The molecule has 1 heterocycles. The quantitative estimate of drug-likeness (QED) is 0.666. The lowest BCUT2D eigenvalue weighted by Gasteiger charge is -2.35. The Morgan fingerprint density at radius 1 is 1.57 bits per heavy atom. The summed E-state index contributed by atoms with van der Waals surface area (Å²) in [6.07, 6.45) is 3.71. The molecule has 4 heteroatoms. The molecule has 4 nitrogen and oxygen atoms in total. The van der Waals surface area contributed by atoms with E-state index in [1.54, 1.807) is 6.92 Å². The second-order valence-corrected chi connectivity index (χ2v) is 3.91. The number of piperidine rings is 1. The Bertz CT molecular complexity index is 182. The maximum Gasteiger partial charge on any atom is 0.216 e. The van der Waals surface area contributed by atoms with E-state index in [2.05, 4.69) is 10.2 Å². The van der Waals surface area contributed by atoms with E-state index < -0.39 is 0 Å². The minimum absolute atomic E-state index is 0.0586. The fourth-order valence-electron chi connectivity index (χ4n) is 2.01. The minimum atomic E-state index is 0.0586. The van der Waals surface area contributed by atoms with Crippen molar-refractivity contribution in [3.05, 3.63) is 0 Å². The Hall–Kier alpha value is -0.610. The third-order valence-electron chi connectivity index (χ3n) is 2.75. The molecule has 0 aliphatic carbocycles. The number of hydrogen-bond acceptors (Lipinski definition) is 3. The van der Waals surface area contributed by atoms with Crippen LogP contribution < -0.4 is 11.1 Å². The predicted molar refractivity (Wildman–Crippen MR) is 57.0 cm³/mol. The number of rotatable bonds is 4. The third kappa shape index (κ3) is 3.64. The molecule has 82 valence electrons. The van der Waals surface area contributed by atoms with E-state index in [9.17, 15) is 4.79 Å². The highest BCUT2D eigenvalue weighted by Crippen LogP contribution is 2.15. The molecule has 3 N–H and O–H groups in total. The standard InChI is InChI=1S/C10H21N3O/c1-9(14)12-8-10-4-2-3-6-13(10)7-5-11/h10H,2-8,11H2,1H3,(H,12,14). The maximum atomic E-state index is 10.8. The van der Waals surface area contributed by atoms with E-state index in [1.165, 1.54) is 19.3 Å². The van der Waals surface area contributed by atoms with Crippen molar-refractivity contribution in [1.82, 2.24) is 10.2 Å². The molecule has 14 heavy (non-hydrogen) atoms. The molecule has 1 fully saturated rings. The zero-order valence-corrected chi connectivity index (χ0v) is 8.96. The average Bonchev–Trinajstić information content (AvgIpc) is 2.17. The van der Waals surface area contributed by atoms with Crippen molar-refractivity contribution >= 4 is 5.91 Å². The molecular weight excluding hydrogens is 178 g/mol. The molecule has 0 aromatic heterocycles. The van der Waals surface area contributed by atoms with E-state index in [-0.39, 0.29) is 5.91 Å². The van der Waals surface area contributed by atoms with Crippen LogP contribution in [0.5, 0.6) is 0 Å². The first-order valence-electron chi connectivity index (χ1n) is 5.42. The largest absolute Gasteiger partial charge is 0.355 e. The van der Waals surface area contributed by atoms with Crippen LogP contribution in [0, 0.1) is 0 Å². The molecule has 1 unspecified atom stereocenters. The Morgan fingerprint density at radius 2 is 2.36 bits per heavy atom. The third-order valence-corrected chi connectivity index (χ3v) is 2.75. The predicted octanol–water partition coefficient (Wildman–Crippen LogP) is -0.0643. The van der Waals surface area contributed by atoms with E-state index in [0.717, 1.165) is 19.6 Å². The monoisotopic (exact) mass is 199 g/mol.